The number of thiol groups is 1. The van der Waals surface area contributed by atoms with Crippen LogP contribution in [0.5, 0.6) is 0 Å². The van der Waals surface area contributed by atoms with E-state index in [0.717, 1.165) is 21.6 Å². The molecule has 0 aromatic carbocycles. The second-order valence-electron chi connectivity index (χ2n) is 11.8. The zero-order valence-corrected chi connectivity index (χ0v) is 36.7. The first-order valence-electron chi connectivity index (χ1n) is 16.3. The summed E-state index contributed by atoms with van der Waals surface area (Å²) in [6.07, 6.45) is -20.5. The molecule has 0 aliphatic carbocycles. The van der Waals surface area contributed by atoms with Gasteiger partial charge in [-0.15, -0.1) is 0 Å². The summed E-state index contributed by atoms with van der Waals surface area (Å²) in [5.41, 5.74) is 0. The highest BCUT2D eigenvalue weighted by atomic mass is 128. The summed E-state index contributed by atoms with van der Waals surface area (Å²) in [6, 6.07) is -3.07. The van der Waals surface area contributed by atoms with Crippen LogP contribution in [0.1, 0.15) is 14.4 Å². The molecule has 57 heavy (non-hydrogen) atoms. The number of halogens is 2. The largest absolute Gasteiger partial charge is 0.480 e. The summed E-state index contributed by atoms with van der Waals surface area (Å²) in [5, 5.41) is 167. The fraction of sp³-hybridized carbons (Fsp3) is 0.897. The molecule has 15 unspecified atom stereocenters. The maximum Gasteiger partial charge on any atom is 0.321 e. The normalized spacial score (nSPS) is 19.3. The molecule has 0 fully saturated rings. The summed E-state index contributed by atoms with van der Waals surface area (Å²) in [6.45, 7) is -2.24. The van der Waals surface area contributed by atoms with Gasteiger partial charge in [-0.25, -0.2) is 0 Å². The first-order valence-corrected chi connectivity index (χ1v) is 25.7. The van der Waals surface area contributed by atoms with Gasteiger partial charge in [0.2, 0.25) is 0 Å². The molecule has 0 rings (SSSR count). The Labute approximate surface area is 366 Å². The van der Waals surface area contributed by atoms with Crippen LogP contribution in [0.3, 0.4) is 0 Å². The lowest BCUT2D eigenvalue weighted by Gasteiger charge is -2.27. The van der Waals surface area contributed by atoms with Crippen molar-refractivity contribution in [2.24, 2.45) is 0 Å². The number of Topliss-reactive ketones (excluding diaryl/α,β-unsaturated/α-hetero) is 1. The lowest BCUT2D eigenvalue weighted by molar-refractivity contribution is -0.140. The maximum absolute atomic E-state index is 11.4. The Balaban J connectivity index is -0.000000562. The highest BCUT2D eigenvalue weighted by molar-refractivity contribution is 15.0. The maximum atomic E-state index is 11.4. The fourth-order valence-corrected chi connectivity index (χ4v) is 6.61. The molecule has 0 amide bonds. The number of carboxylic acid groups (broad SMARTS) is 2. The van der Waals surface area contributed by atoms with E-state index in [1.54, 1.807) is 0 Å². The number of aliphatic carboxylic acids is 2. The van der Waals surface area contributed by atoms with Crippen LogP contribution in [0.15, 0.2) is 0 Å². The fourth-order valence-electron chi connectivity index (χ4n) is 3.85. The molecule has 0 saturated heterocycles. The molecule has 0 aromatic heterocycles. The Bertz CT molecular complexity index is 995. The van der Waals surface area contributed by atoms with Gasteiger partial charge in [-0.3, -0.25) is 14.4 Å². The molecular formula is C29H61I2N3O20S3. The van der Waals surface area contributed by atoms with E-state index >= 15 is 0 Å². The molecule has 0 aliphatic rings. The number of hydrogen-bond donors (Lipinski definition) is 21. The standard InChI is InChI=1S/C18H36N2O14S2.C10H21NO6S.CH4.I2/c21-3-11(25)15(29)13(27)9(23)1-19-7(17(31)32)5-35-36-6-8(18(33)34)20-2-10(24)14(28)16(30)12(26)4-22;1-5(13)6(4-18)11-2-7(14)9(16)10(17)8(15)3-12;;1-2/h7-16,19-30H,1-6H2,(H,31,32)(H,33,34);6-12,14-18H,2-4H2,1H3;1H4;. The molecule has 0 radical (unpaired) electrons. The van der Waals surface area contributed by atoms with E-state index in [9.17, 15) is 80.8 Å². The van der Waals surface area contributed by atoms with E-state index in [0.29, 0.717) is 0 Å². The number of hydrogen-bond acceptors (Lipinski definition) is 24. The zero-order chi connectivity index (χ0) is 44.3. The third-order valence-corrected chi connectivity index (χ3v) is 10.3. The van der Waals surface area contributed by atoms with Gasteiger partial charge in [-0.1, -0.05) is 29.0 Å². The van der Waals surface area contributed by atoms with Crippen molar-refractivity contribution in [1.29, 1.82) is 0 Å². The molecule has 0 aromatic rings. The van der Waals surface area contributed by atoms with Crippen molar-refractivity contribution in [3.05, 3.63) is 0 Å². The predicted octanol–water partition coefficient (Wildman–Crippen LogP) is -7.37. The van der Waals surface area contributed by atoms with Crippen LogP contribution < -0.4 is 16.0 Å². The first kappa shape index (κ1) is 64.0. The van der Waals surface area contributed by atoms with Crippen molar-refractivity contribution in [2.75, 3.05) is 56.7 Å². The van der Waals surface area contributed by atoms with Crippen LogP contribution >= 0.6 is 71.4 Å². The van der Waals surface area contributed by atoms with Gasteiger partial charge in [0, 0.05) is 74.1 Å². The van der Waals surface area contributed by atoms with Gasteiger partial charge in [-0.05, 0) is 6.92 Å². The Morgan fingerprint density at radius 1 is 0.509 bits per heavy atom. The molecule has 20 N–H and O–H groups in total. The van der Waals surface area contributed by atoms with Crippen LogP contribution in [-0.4, -0.2) is 253 Å². The van der Waals surface area contributed by atoms with Crippen molar-refractivity contribution in [3.8, 4) is 0 Å². The lowest BCUT2D eigenvalue weighted by Crippen LogP contribution is -2.51. The third-order valence-electron chi connectivity index (χ3n) is 7.52. The zero-order valence-electron chi connectivity index (χ0n) is 29.9. The molecule has 15 atom stereocenters. The minimum Gasteiger partial charge on any atom is -0.480 e. The molecule has 28 heteroatoms. The molecule has 0 aliphatic heterocycles. The number of carbonyl (C=O) groups excluding carboxylic acids is 1. The van der Waals surface area contributed by atoms with E-state index in [-0.39, 0.29) is 37.0 Å². The van der Waals surface area contributed by atoms with Gasteiger partial charge in [0.15, 0.2) is 0 Å². The number of nitrogens with one attached hydrogen (secondary N) is 3. The van der Waals surface area contributed by atoms with Crippen LogP contribution in [0.25, 0.3) is 0 Å². The Kier molecular flexibility index (Phi) is 41.6. The number of rotatable bonds is 30. The van der Waals surface area contributed by atoms with Crippen molar-refractivity contribution in [1.82, 2.24) is 16.0 Å². The van der Waals surface area contributed by atoms with E-state index in [1.165, 1.54) is 6.92 Å². The van der Waals surface area contributed by atoms with Crippen LogP contribution in [-0.2, 0) is 14.4 Å². The number of carbonyl (C=O) groups is 3. The van der Waals surface area contributed by atoms with E-state index in [2.05, 4.69) is 65.8 Å². The van der Waals surface area contributed by atoms with Crippen molar-refractivity contribution >= 4 is 89.2 Å². The monoisotopic (exact) mass is 1120 g/mol. The molecule has 344 valence electrons. The van der Waals surface area contributed by atoms with E-state index in [4.69, 9.17) is 20.4 Å². The lowest BCUT2D eigenvalue weighted by atomic mass is 10.0. The smallest absolute Gasteiger partial charge is 0.321 e. The SMILES string of the molecule is C.CC(=O)C(CS)NCC(O)C(O)C(O)C(O)CO.II.O=C(O)C(CSSCC(NCC(O)C(O)C(O)C(O)CO)C(=O)O)NCC(O)C(O)C(O)C(O)CO. The van der Waals surface area contributed by atoms with Gasteiger partial charge in [0.1, 0.15) is 72.8 Å². The van der Waals surface area contributed by atoms with Crippen LogP contribution in [0.4, 0.5) is 0 Å². The van der Waals surface area contributed by atoms with E-state index < -0.39 is 136 Å². The molecule has 0 spiro atoms. The summed E-state index contributed by atoms with van der Waals surface area (Å²) in [5.74, 6) is -2.82. The van der Waals surface area contributed by atoms with Gasteiger partial charge in [-0.2, -0.15) is 12.6 Å². The topological polar surface area (TPSA) is 431 Å². The molecule has 0 saturated carbocycles. The first-order chi connectivity index (χ1) is 26.1. The van der Waals surface area contributed by atoms with Gasteiger partial charge in [0.05, 0.1) is 44.2 Å². The highest BCUT2D eigenvalue weighted by Crippen LogP contribution is 2.23. The second kappa shape index (κ2) is 37.0. The average Bonchev–Trinajstić information content (AvgIpc) is 3.18. The Morgan fingerprint density at radius 3 is 0.930 bits per heavy atom. The highest BCUT2D eigenvalue weighted by Gasteiger charge is 2.33. The van der Waals surface area contributed by atoms with Crippen molar-refractivity contribution in [2.45, 2.75) is 106 Å². The number of aliphatic hydroxyl groups excluding tert-OH is 15. The molecule has 0 heterocycles. The number of aliphatic hydroxyl groups is 15. The van der Waals surface area contributed by atoms with Crippen LogP contribution in [0.2, 0.25) is 0 Å². The molecule has 23 nitrogen and oxygen atoms in total. The summed E-state index contributed by atoms with van der Waals surface area (Å²) in [4.78, 5) is 33.9. The van der Waals surface area contributed by atoms with E-state index in [1.807, 2.05) is 0 Å². The summed E-state index contributed by atoms with van der Waals surface area (Å²) >= 11 is 8.19. The van der Waals surface area contributed by atoms with Gasteiger partial charge >= 0.3 is 11.9 Å². The number of carboxylic acids is 2. The van der Waals surface area contributed by atoms with Crippen LogP contribution in [0, 0.1) is 0 Å². The average molecular weight is 1120 g/mol. The quantitative estimate of drug-likeness (QED) is 0.0137. The van der Waals surface area contributed by atoms with Crippen molar-refractivity contribution in [3.63, 3.8) is 0 Å². The van der Waals surface area contributed by atoms with Gasteiger partial charge < -0.3 is 103 Å². The minimum atomic E-state index is -1.87. The Morgan fingerprint density at radius 2 is 0.737 bits per heavy atom. The molecular weight excluding hydrogens is 1060 g/mol. The minimum absolute atomic E-state index is 0. The molecule has 0 bridgehead atoms. The Hall–Kier alpha value is 0.400. The van der Waals surface area contributed by atoms with Crippen molar-refractivity contribution < 1.29 is 101 Å². The third kappa shape index (κ3) is 27.2. The number of ketones is 1. The summed E-state index contributed by atoms with van der Waals surface area (Å²) < 4.78 is 0. The van der Waals surface area contributed by atoms with Gasteiger partial charge in [0.25, 0.3) is 0 Å². The summed E-state index contributed by atoms with van der Waals surface area (Å²) in [7, 11) is 1.91. The second-order valence-corrected chi connectivity index (χ2v) is 14.7. The predicted molar refractivity (Wildman–Crippen MR) is 228 cm³/mol.